The lowest BCUT2D eigenvalue weighted by Gasteiger charge is -2.33. The van der Waals surface area contributed by atoms with Gasteiger partial charge in [-0.05, 0) is 74.8 Å². The van der Waals surface area contributed by atoms with Crippen LogP contribution in [0.5, 0.6) is 11.5 Å². The van der Waals surface area contributed by atoms with Crippen LogP contribution in [0, 0.1) is 22.7 Å². The van der Waals surface area contributed by atoms with Gasteiger partial charge in [0.25, 0.3) is 0 Å². The van der Waals surface area contributed by atoms with Gasteiger partial charge in [0.15, 0.2) is 17.3 Å². The van der Waals surface area contributed by atoms with Crippen LogP contribution in [0.4, 0.5) is 17.1 Å². The molecule has 0 N–H and O–H groups in total. The van der Waals surface area contributed by atoms with Crippen LogP contribution in [0.1, 0.15) is 11.6 Å². The highest BCUT2D eigenvalue weighted by molar-refractivity contribution is 6.28. The molecule has 0 spiro atoms. The lowest BCUT2D eigenvalue weighted by atomic mass is 9.93. The number of fused-ring (bicyclic) bond motifs is 11. The fourth-order valence-corrected chi connectivity index (χ4v) is 7.09. The van der Waals surface area contributed by atoms with E-state index in [9.17, 15) is 10.5 Å². The number of rotatable bonds is 2. The maximum Gasteiger partial charge on any atom is 0.236 e. The van der Waals surface area contributed by atoms with E-state index in [2.05, 4.69) is 86.6 Å². The zero-order chi connectivity index (χ0) is 32.6. The first kappa shape index (κ1) is 26.9. The molecule has 1 aliphatic rings. The number of nitriles is 2. The Morgan fingerprint density at radius 1 is 0.490 bits per heavy atom. The number of anilines is 3. The van der Waals surface area contributed by atoms with Crippen molar-refractivity contribution in [2.24, 2.45) is 0 Å². The van der Waals surface area contributed by atoms with E-state index in [1.165, 1.54) is 26.9 Å². The van der Waals surface area contributed by atoms with Gasteiger partial charge in [0.1, 0.15) is 23.3 Å². The normalized spacial score (nSPS) is 12.2. The second-order valence-electron chi connectivity index (χ2n) is 11.9. The quantitative estimate of drug-likeness (QED) is 0.174. The Kier molecular flexibility index (Phi) is 5.54. The summed E-state index contributed by atoms with van der Waals surface area (Å²) in [6, 6.07) is 44.9. The molecule has 7 aromatic carbocycles. The van der Waals surface area contributed by atoms with Crippen LogP contribution < -0.4 is 9.64 Å². The molecular weight excluding hydrogens is 608 g/mol. The number of furan rings is 1. The Balaban J connectivity index is 1.20. The first-order valence-electron chi connectivity index (χ1n) is 15.6. The van der Waals surface area contributed by atoms with Crippen molar-refractivity contribution in [1.29, 1.82) is 10.5 Å². The van der Waals surface area contributed by atoms with Crippen molar-refractivity contribution < 1.29 is 9.15 Å². The predicted molar refractivity (Wildman–Crippen MR) is 189 cm³/mol. The molecule has 0 saturated carbocycles. The predicted octanol–water partition coefficient (Wildman–Crippen LogP) is 10.2. The van der Waals surface area contributed by atoms with Crippen LogP contribution >= 0.6 is 0 Å². The fraction of sp³-hybridized carbons (Fsp3) is 0. The highest BCUT2D eigenvalue weighted by Gasteiger charge is 2.28. The van der Waals surface area contributed by atoms with Gasteiger partial charge in [0.05, 0.1) is 11.4 Å². The van der Waals surface area contributed by atoms with Crippen molar-refractivity contribution in [2.45, 2.75) is 0 Å². The third-order valence-electron chi connectivity index (χ3n) is 9.18. The maximum absolute atomic E-state index is 9.45. The van der Waals surface area contributed by atoms with Gasteiger partial charge in [0.2, 0.25) is 11.6 Å². The van der Waals surface area contributed by atoms with E-state index in [1.54, 1.807) is 0 Å². The van der Waals surface area contributed by atoms with Gasteiger partial charge in [-0.25, -0.2) is 0 Å². The van der Waals surface area contributed by atoms with Gasteiger partial charge in [0, 0.05) is 28.1 Å². The summed E-state index contributed by atoms with van der Waals surface area (Å²) < 4.78 is 13.2. The largest absolute Gasteiger partial charge is 0.456 e. The highest BCUT2D eigenvalue weighted by atomic mass is 16.5. The molecule has 2 aromatic heterocycles. The molecule has 0 atom stereocenters. The molecule has 0 fully saturated rings. The number of nitrogens with zero attached hydrogens (tertiary/aromatic N) is 6. The Morgan fingerprint density at radius 2 is 1.10 bits per heavy atom. The summed E-state index contributed by atoms with van der Waals surface area (Å²) >= 11 is 0. The van der Waals surface area contributed by atoms with Crippen LogP contribution in [0.3, 0.4) is 0 Å². The molecule has 49 heavy (non-hydrogen) atoms. The molecule has 9 aromatic rings. The maximum atomic E-state index is 9.45. The van der Waals surface area contributed by atoms with E-state index in [0.717, 1.165) is 44.4 Å². The Labute approximate surface area is 278 Å². The average Bonchev–Trinajstić information content (AvgIpc) is 3.51. The topological polar surface area (TPSA) is 112 Å². The molecule has 1 aliphatic heterocycles. The SMILES string of the molecule is N#Cc1nc(C#N)nc(-c2cccc(N3c4ccccc4Oc4cc5c(cc43)oc3cc4c6ccccc6c6ccccc6c4cc35)c2)n1. The summed E-state index contributed by atoms with van der Waals surface area (Å²) in [6.45, 7) is 0. The van der Waals surface area contributed by atoms with Gasteiger partial charge in [-0.3, -0.25) is 0 Å². The minimum absolute atomic E-state index is 0.116. The first-order valence-corrected chi connectivity index (χ1v) is 15.6. The minimum Gasteiger partial charge on any atom is -0.456 e. The standard InChI is InChI=1S/C41H20N6O2/c42-21-39-44-40(22-43)46-41(45-39)23-8-7-9-24(16-23)47-33-14-5-6-15-35(33)48-38-19-32-31-17-29-27-12-3-1-10-25(27)26-11-2-4-13-28(26)30(29)18-36(31)49-37(32)20-34(38)47/h1-20H. The zero-order valence-corrected chi connectivity index (χ0v) is 25.5. The van der Waals surface area contributed by atoms with E-state index in [0.29, 0.717) is 17.1 Å². The van der Waals surface area contributed by atoms with Crippen LogP contribution in [-0.2, 0) is 0 Å². The molecule has 3 heterocycles. The van der Waals surface area contributed by atoms with Gasteiger partial charge in [-0.1, -0.05) is 72.8 Å². The van der Waals surface area contributed by atoms with Crippen molar-refractivity contribution in [3.63, 3.8) is 0 Å². The number of aromatic nitrogens is 3. The molecule has 0 radical (unpaired) electrons. The lowest BCUT2D eigenvalue weighted by molar-refractivity contribution is 0.477. The average molecular weight is 629 g/mol. The van der Waals surface area contributed by atoms with Crippen LogP contribution in [-0.4, -0.2) is 15.0 Å². The second kappa shape index (κ2) is 10.1. The first-order chi connectivity index (χ1) is 24.2. The van der Waals surface area contributed by atoms with E-state index in [-0.39, 0.29) is 17.5 Å². The molecule has 0 unspecified atom stereocenters. The molecular formula is C41H20N6O2. The Morgan fingerprint density at radius 3 is 1.82 bits per heavy atom. The van der Waals surface area contributed by atoms with Gasteiger partial charge in [-0.15, -0.1) is 0 Å². The molecule has 8 heteroatoms. The number of hydrogen-bond donors (Lipinski definition) is 0. The van der Waals surface area contributed by atoms with E-state index < -0.39 is 0 Å². The van der Waals surface area contributed by atoms with Crippen molar-refractivity contribution >= 4 is 71.3 Å². The molecule has 0 aliphatic carbocycles. The van der Waals surface area contributed by atoms with E-state index >= 15 is 0 Å². The van der Waals surface area contributed by atoms with Crippen molar-refractivity contribution in [2.75, 3.05) is 4.90 Å². The van der Waals surface area contributed by atoms with Crippen molar-refractivity contribution in [1.82, 2.24) is 15.0 Å². The summed E-state index contributed by atoms with van der Waals surface area (Å²) in [7, 11) is 0. The summed E-state index contributed by atoms with van der Waals surface area (Å²) in [5, 5.41) is 28.0. The molecule has 0 amide bonds. The summed E-state index contributed by atoms with van der Waals surface area (Å²) in [5.41, 5.74) is 4.62. The summed E-state index contributed by atoms with van der Waals surface area (Å²) in [5.74, 6) is 1.40. The molecule has 0 saturated heterocycles. The van der Waals surface area contributed by atoms with Gasteiger partial charge >= 0.3 is 0 Å². The number of hydrogen-bond acceptors (Lipinski definition) is 8. The highest BCUT2D eigenvalue weighted by Crippen LogP contribution is 2.53. The minimum atomic E-state index is -0.116. The monoisotopic (exact) mass is 628 g/mol. The van der Waals surface area contributed by atoms with Crippen molar-refractivity contribution in [3.8, 4) is 35.0 Å². The lowest BCUT2D eigenvalue weighted by Crippen LogP contribution is -2.15. The third-order valence-corrected chi connectivity index (χ3v) is 9.18. The molecule has 0 bridgehead atoms. The Bertz CT molecular complexity index is 2940. The fourth-order valence-electron chi connectivity index (χ4n) is 7.09. The van der Waals surface area contributed by atoms with Crippen molar-refractivity contribution in [3.05, 3.63) is 133 Å². The zero-order valence-electron chi connectivity index (χ0n) is 25.5. The molecule has 8 nitrogen and oxygen atoms in total. The second-order valence-corrected chi connectivity index (χ2v) is 11.9. The number of benzene rings is 7. The van der Waals surface area contributed by atoms with Crippen LogP contribution in [0.15, 0.2) is 126 Å². The summed E-state index contributed by atoms with van der Waals surface area (Å²) in [4.78, 5) is 14.5. The number of para-hydroxylation sites is 2. The Hall–Kier alpha value is -7.29. The van der Waals surface area contributed by atoms with Gasteiger partial charge < -0.3 is 14.1 Å². The summed E-state index contributed by atoms with van der Waals surface area (Å²) in [6.07, 6.45) is 0. The third kappa shape index (κ3) is 3.99. The molecule has 226 valence electrons. The van der Waals surface area contributed by atoms with E-state index in [4.69, 9.17) is 9.15 Å². The molecule has 10 rings (SSSR count). The van der Waals surface area contributed by atoms with E-state index in [1.807, 2.05) is 66.7 Å². The number of ether oxygens (including phenoxy) is 1. The smallest absolute Gasteiger partial charge is 0.236 e. The van der Waals surface area contributed by atoms with Crippen LogP contribution in [0.25, 0.3) is 65.6 Å². The van der Waals surface area contributed by atoms with Gasteiger partial charge in [-0.2, -0.15) is 25.5 Å². The van der Waals surface area contributed by atoms with Crippen LogP contribution in [0.2, 0.25) is 0 Å².